The molecule has 19 heavy (non-hydrogen) atoms. The van der Waals surface area contributed by atoms with Gasteiger partial charge in [-0.15, -0.1) is 0 Å². The molecule has 1 rings (SSSR count). The molecule has 1 aromatic carbocycles. The molecule has 0 heterocycles. The standard InChI is InChI=1S/C12H14Cl2N2O3/c1-3-15-12(18)16-11(17)7(2)19-9-6-4-5-8(13)10(9)14/h4-7H,3H2,1-2H3,(H2,15,16,17,18). The maximum Gasteiger partial charge on any atom is 0.321 e. The van der Waals surface area contributed by atoms with Gasteiger partial charge in [0, 0.05) is 6.54 Å². The Balaban J connectivity index is 2.64. The smallest absolute Gasteiger partial charge is 0.321 e. The van der Waals surface area contributed by atoms with Crippen molar-refractivity contribution in [2.45, 2.75) is 20.0 Å². The molecule has 0 radical (unpaired) electrons. The van der Waals surface area contributed by atoms with Crippen LogP contribution in [0.15, 0.2) is 18.2 Å². The Morgan fingerprint density at radius 2 is 2.05 bits per heavy atom. The van der Waals surface area contributed by atoms with Gasteiger partial charge < -0.3 is 10.1 Å². The first-order valence-corrected chi connectivity index (χ1v) is 6.40. The Morgan fingerprint density at radius 1 is 1.37 bits per heavy atom. The fourth-order valence-corrected chi connectivity index (χ4v) is 1.57. The van der Waals surface area contributed by atoms with Crippen molar-refractivity contribution in [1.82, 2.24) is 10.6 Å². The van der Waals surface area contributed by atoms with Gasteiger partial charge in [0.25, 0.3) is 5.91 Å². The van der Waals surface area contributed by atoms with Crippen molar-refractivity contribution in [3.8, 4) is 5.75 Å². The molecule has 1 atom stereocenters. The molecule has 0 bridgehead atoms. The Bertz CT molecular complexity index is 480. The lowest BCUT2D eigenvalue weighted by atomic mass is 10.3. The summed E-state index contributed by atoms with van der Waals surface area (Å²) >= 11 is 11.8. The van der Waals surface area contributed by atoms with Crippen molar-refractivity contribution in [2.75, 3.05) is 6.54 Å². The van der Waals surface area contributed by atoms with Gasteiger partial charge >= 0.3 is 6.03 Å². The highest BCUT2D eigenvalue weighted by Gasteiger charge is 2.18. The van der Waals surface area contributed by atoms with E-state index in [0.29, 0.717) is 11.6 Å². The van der Waals surface area contributed by atoms with Crippen LogP contribution in [0.25, 0.3) is 0 Å². The minimum absolute atomic E-state index is 0.224. The Hall–Kier alpha value is -1.46. The number of imide groups is 1. The van der Waals surface area contributed by atoms with Gasteiger partial charge in [0.2, 0.25) is 0 Å². The maximum atomic E-state index is 11.7. The molecule has 0 aliphatic rings. The molecule has 0 saturated heterocycles. The van der Waals surface area contributed by atoms with Crippen molar-refractivity contribution in [3.05, 3.63) is 28.2 Å². The van der Waals surface area contributed by atoms with Crippen molar-refractivity contribution in [1.29, 1.82) is 0 Å². The van der Waals surface area contributed by atoms with Crippen LogP contribution in [0.5, 0.6) is 5.75 Å². The average molecular weight is 305 g/mol. The fraction of sp³-hybridized carbons (Fsp3) is 0.333. The molecule has 2 N–H and O–H groups in total. The van der Waals surface area contributed by atoms with Gasteiger partial charge in [0.05, 0.1) is 5.02 Å². The first-order chi connectivity index (χ1) is 8.95. The molecule has 0 aliphatic carbocycles. The summed E-state index contributed by atoms with van der Waals surface area (Å²) in [6.07, 6.45) is -0.876. The zero-order valence-electron chi connectivity index (χ0n) is 10.5. The molecule has 5 nitrogen and oxygen atoms in total. The van der Waals surface area contributed by atoms with E-state index < -0.39 is 18.0 Å². The third kappa shape index (κ3) is 4.61. The topological polar surface area (TPSA) is 67.4 Å². The largest absolute Gasteiger partial charge is 0.479 e. The van der Waals surface area contributed by atoms with Crippen molar-refractivity contribution >= 4 is 35.1 Å². The normalized spacial score (nSPS) is 11.6. The molecule has 0 aliphatic heterocycles. The minimum Gasteiger partial charge on any atom is -0.479 e. The Kier molecular flexibility index (Phi) is 5.92. The molecule has 0 aromatic heterocycles. The third-order valence-electron chi connectivity index (χ3n) is 2.16. The van der Waals surface area contributed by atoms with Crippen LogP contribution in [-0.2, 0) is 4.79 Å². The number of carbonyl (C=O) groups is 2. The number of urea groups is 1. The molecule has 104 valence electrons. The highest BCUT2D eigenvalue weighted by Crippen LogP contribution is 2.31. The molecule has 1 aromatic rings. The number of carbonyl (C=O) groups excluding carboxylic acids is 2. The molecule has 0 spiro atoms. The van der Waals surface area contributed by atoms with Gasteiger partial charge in [-0.2, -0.15) is 0 Å². The number of benzene rings is 1. The minimum atomic E-state index is -0.876. The number of hydrogen-bond acceptors (Lipinski definition) is 3. The summed E-state index contributed by atoms with van der Waals surface area (Å²) in [7, 11) is 0. The van der Waals surface area contributed by atoms with Crippen LogP contribution in [0.4, 0.5) is 4.79 Å². The summed E-state index contributed by atoms with van der Waals surface area (Å²) in [6.45, 7) is 3.68. The van der Waals surface area contributed by atoms with E-state index in [9.17, 15) is 9.59 Å². The lowest BCUT2D eigenvalue weighted by Crippen LogP contribution is -2.45. The Labute approximate surface area is 121 Å². The number of halogens is 2. The molecule has 0 saturated carbocycles. The van der Waals surface area contributed by atoms with Crippen LogP contribution in [0, 0.1) is 0 Å². The summed E-state index contributed by atoms with van der Waals surface area (Å²) in [6, 6.07) is 4.28. The van der Waals surface area contributed by atoms with Gasteiger partial charge in [-0.1, -0.05) is 29.3 Å². The Morgan fingerprint density at radius 3 is 2.68 bits per heavy atom. The van der Waals surface area contributed by atoms with Gasteiger partial charge in [0.1, 0.15) is 10.8 Å². The van der Waals surface area contributed by atoms with E-state index in [1.165, 1.54) is 6.92 Å². The van der Waals surface area contributed by atoms with Crippen molar-refractivity contribution < 1.29 is 14.3 Å². The van der Waals surface area contributed by atoms with Crippen LogP contribution in [-0.4, -0.2) is 24.6 Å². The van der Waals surface area contributed by atoms with Crippen LogP contribution >= 0.6 is 23.2 Å². The fourth-order valence-electron chi connectivity index (χ4n) is 1.24. The van der Waals surface area contributed by atoms with Gasteiger partial charge in [-0.25, -0.2) is 4.79 Å². The second-order valence-corrected chi connectivity index (χ2v) is 4.45. The average Bonchev–Trinajstić information content (AvgIpc) is 2.35. The van der Waals surface area contributed by atoms with E-state index in [4.69, 9.17) is 27.9 Å². The molecule has 7 heteroatoms. The molecule has 3 amide bonds. The number of hydrogen-bond donors (Lipinski definition) is 2. The highest BCUT2D eigenvalue weighted by atomic mass is 35.5. The molecular weight excluding hydrogens is 291 g/mol. The zero-order valence-corrected chi connectivity index (χ0v) is 12.0. The van der Waals surface area contributed by atoms with Gasteiger partial charge in [0.15, 0.2) is 6.10 Å². The van der Waals surface area contributed by atoms with Crippen LogP contribution in [0.1, 0.15) is 13.8 Å². The maximum absolute atomic E-state index is 11.7. The van der Waals surface area contributed by atoms with Crippen molar-refractivity contribution in [2.24, 2.45) is 0 Å². The first-order valence-electron chi connectivity index (χ1n) is 5.65. The van der Waals surface area contributed by atoms with E-state index in [1.807, 2.05) is 0 Å². The number of nitrogens with one attached hydrogen (secondary N) is 2. The predicted molar refractivity (Wildman–Crippen MR) is 73.8 cm³/mol. The van der Waals surface area contributed by atoms with Crippen LogP contribution < -0.4 is 15.4 Å². The SMILES string of the molecule is CCNC(=O)NC(=O)C(C)Oc1cccc(Cl)c1Cl. The summed E-state index contributed by atoms with van der Waals surface area (Å²) in [4.78, 5) is 22.8. The van der Waals surface area contributed by atoms with E-state index in [0.717, 1.165) is 0 Å². The van der Waals surface area contributed by atoms with E-state index in [2.05, 4.69) is 10.6 Å². The summed E-state index contributed by atoms with van der Waals surface area (Å²) in [5.74, 6) is -0.283. The first kappa shape index (κ1) is 15.6. The van der Waals surface area contributed by atoms with E-state index >= 15 is 0 Å². The number of rotatable bonds is 4. The van der Waals surface area contributed by atoms with Crippen LogP contribution in [0.3, 0.4) is 0 Å². The second kappa shape index (κ2) is 7.21. The van der Waals surface area contributed by atoms with Crippen molar-refractivity contribution in [3.63, 3.8) is 0 Å². The summed E-state index contributed by atoms with van der Waals surface area (Å²) in [5, 5.41) is 5.14. The lowest BCUT2D eigenvalue weighted by molar-refractivity contribution is -0.126. The molecular formula is C12H14Cl2N2O3. The predicted octanol–water partition coefficient (Wildman–Crippen LogP) is 2.61. The third-order valence-corrected chi connectivity index (χ3v) is 2.96. The monoisotopic (exact) mass is 304 g/mol. The number of ether oxygens (including phenoxy) is 1. The quantitative estimate of drug-likeness (QED) is 0.898. The van der Waals surface area contributed by atoms with Gasteiger partial charge in [-0.05, 0) is 26.0 Å². The molecule has 1 unspecified atom stereocenters. The summed E-state index contributed by atoms with van der Waals surface area (Å²) < 4.78 is 5.36. The van der Waals surface area contributed by atoms with Crippen LogP contribution in [0.2, 0.25) is 10.0 Å². The summed E-state index contributed by atoms with van der Waals surface area (Å²) in [5.41, 5.74) is 0. The lowest BCUT2D eigenvalue weighted by Gasteiger charge is -2.15. The van der Waals surface area contributed by atoms with Gasteiger partial charge in [-0.3, -0.25) is 10.1 Å². The zero-order chi connectivity index (χ0) is 14.4. The number of amides is 3. The second-order valence-electron chi connectivity index (χ2n) is 3.66. The van der Waals surface area contributed by atoms with E-state index in [1.54, 1.807) is 25.1 Å². The van der Waals surface area contributed by atoms with E-state index in [-0.39, 0.29) is 10.8 Å². The molecule has 0 fully saturated rings. The highest BCUT2D eigenvalue weighted by molar-refractivity contribution is 6.42.